The van der Waals surface area contributed by atoms with E-state index in [2.05, 4.69) is 5.32 Å². The summed E-state index contributed by atoms with van der Waals surface area (Å²) < 4.78 is 36.6. The summed E-state index contributed by atoms with van der Waals surface area (Å²) in [6.45, 7) is -0.443. The third kappa shape index (κ3) is 2.75. The Labute approximate surface area is 103 Å². The molecule has 1 heterocycles. The normalized spacial score (nSPS) is 14.0. The van der Waals surface area contributed by atoms with Crippen molar-refractivity contribution in [3.05, 3.63) is 29.3 Å². The lowest BCUT2D eigenvalue weighted by atomic mass is 10.1. The van der Waals surface area contributed by atoms with E-state index in [0.717, 1.165) is 31.3 Å². The standard InChI is InChI=1S/C12H13F3N2O/c1-17(7-12(13,14)15)11(18)9-3-2-8-4-5-16-10(8)6-9/h2-3,6,16H,4-5,7H2,1H3. The third-order valence-corrected chi connectivity index (χ3v) is 2.83. The van der Waals surface area contributed by atoms with E-state index in [4.69, 9.17) is 0 Å². The van der Waals surface area contributed by atoms with Gasteiger partial charge in [0.15, 0.2) is 0 Å². The van der Waals surface area contributed by atoms with Gasteiger partial charge in [-0.05, 0) is 24.1 Å². The van der Waals surface area contributed by atoms with Crippen LogP contribution in [0.25, 0.3) is 0 Å². The minimum Gasteiger partial charge on any atom is -0.384 e. The number of carbonyl (C=O) groups excluding carboxylic acids is 1. The van der Waals surface area contributed by atoms with Gasteiger partial charge in [-0.1, -0.05) is 6.07 Å². The van der Waals surface area contributed by atoms with Crippen LogP contribution in [-0.2, 0) is 6.42 Å². The smallest absolute Gasteiger partial charge is 0.384 e. The van der Waals surface area contributed by atoms with Crippen LogP contribution in [0.15, 0.2) is 18.2 Å². The molecule has 0 spiro atoms. The van der Waals surface area contributed by atoms with E-state index < -0.39 is 18.6 Å². The maximum Gasteiger partial charge on any atom is 0.406 e. The molecule has 2 rings (SSSR count). The number of hydrogen-bond acceptors (Lipinski definition) is 2. The first-order chi connectivity index (χ1) is 8.37. The quantitative estimate of drug-likeness (QED) is 0.882. The van der Waals surface area contributed by atoms with Gasteiger partial charge in [0.2, 0.25) is 0 Å². The first-order valence-electron chi connectivity index (χ1n) is 5.56. The lowest BCUT2D eigenvalue weighted by Crippen LogP contribution is -2.35. The molecule has 3 nitrogen and oxygen atoms in total. The van der Waals surface area contributed by atoms with Crippen LogP contribution in [-0.4, -0.2) is 37.1 Å². The van der Waals surface area contributed by atoms with Gasteiger partial charge in [-0.2, -0.15) is 13.2 Å². The topological polar surface area (TPSA) is 32.3 Å². The Morgan fingerprint density at radius 1 is 1.44 bits per heavy atom. The summed E-state index contributed by atoms with van der Waals surface area (Å²) in [6, 6.07) is 4.96. The van der Waals surface area contributed by atoms with Gasteiger partial charge in [-0.3, -0.25) is 4.79 Å². The second-order valence-electron chi connectivity index (χ2n) is 4.33. The molecule has 1 amide bonds. The molecule has 1 N–H and O–H groups in total. The number of nitrogens with one attached hydrogen (secondary N) is 1. The molecular formula is C12H13F3N2O. The molecule has 98 valence electrons. The molecule has 0 unspecified atom stereocenters. The summed E-state index contributed by atoms with van der Waals surface area (Å²) in [6.07, 6.45) is -3.50. The zero-order valence-electron chi connectivity index (χ0n) is 9.84. The second-order valence-corrected chi connectivity index (χ2v) is 4.33. The molecule has 0 fully saturated rings. The van der Waals surface area contributed by atoms with Gasteiger partial charge in [-0.25, -0.2) is 0 Å². The number of rotatable bonds is 2. The summed E-state index contributed by atoms with van der Waals surface area (Å²) >= 11 is 0. The minimum absolute atomic E-state index is 0.273. The predicted molar refractivity (Wildman–Crippen MR) is 61.7 cm³/mol. The molecular weight excluding hydrogens is 245 g/mol. The Bertz CT molecular complexity index is 471. The second kappa shape index (κ2) is 4.51. The molecule has 18 heavy (non-hydrogen) atoms. The summed E-state index contributed by atoms with van der Waals surface area (Å²) in [5.41, 5.74) is 2.20. The van der Waals surface area contributed by atoms with Crippen LogP contribution in [0.1, 0.15) is 15.9 Å². The Kier molecular flexibility index (Phi) is 3.19. The van der Waals surface area contributed by atoms with Crippen molar-refractivity contribution in [1.29, 1.82) is 0 Å². The van der Waals surface area contributed by atoms with Crippen molar-refractivity contribution in [3.8, 4) is 0 Å². The van der Waals surface area contributed by atoms with E-state index in [1.54, 1.807) is 18.2 Å². The van der Waals surface area contributed by atoms with Crippen molar-refractivity contribution in [2.24, 2.45) is 0 Å². The highest BCUT2D eigenvalue weighted by Gasteiger charge is 2.31. The van der Waals surface area contributed by atoms with Crippen LogP contribution in [0.5, 0.6) is 0 Å². The largest absolute Gasteiger partial charge is 0.406 e. The molecule has 0 saturated carbocycles. The number of benzene rings is 1. The van der Waals surface area contributed by atoms with Gasteiger partial charge in [0.1, 0.15) is 6.54 Å². The highest BCUT2D eigenvalue weighted by Crippen LogP contribution is 2.24. The average Bonchev–Trinajstić information content (AvgIpc) is 2.72. The Morgan fingerprint density at radius 3 is 2.83 bits per heavy atom. The maximum atomic E-state index is 12.2. The van der Waals surface area contributed by atoms with Crippen molar-refractivity contribution in [2.45, 2.75) is 12.6 Å². The first kappa shape index (κ1) is 12.7. The zero-order valence-corrected chi connectivity index (χ0v) is 9.84. The van der Waals surface area contributed by atoms with Gasteiger partial charge in [0.05, 0.1) is 0 Å². The molecule has 6 heteroatoms. The molecule has 1 aliphatic heterocycles. The lowest BCUT2D eigenvalue weighted by Gasteiger charge is -2.19. The number of fused-ring (bicyclic) bond motifs is 1. The van der Waals surface area contributed by atoms with Gasteiger partial charge < -0.3 is 10.2 Å². The van der Waals surface area contributed by atoms with Crippen molar-refractivity contribution in [1.82, 2.24) is 4.90 Å². The SMILES string of the molecule is CN(CC(F)(F)F)C(=O)c1ccc2c(c1)NCC2. The molecule has 0 saturated heterocycles. The lowest BCUT2D eigenvalue weighted by molar-refractivity contribution is -0.138. The number of amides is 1. The molecule has 1 aromatic carbocycles. The fourth-order valence-electron chi connectivity index (χ4n) is 1.99. The highest BCUT2D eigenvalue weighted by atomic mass is 19.4. The number of anilines is 1. The predicted octanol–water partition coefficient (Wildman–Crippen LogP) is 2.29. The summed E-state index contributed by atoms with van der Waals surface area (Å²) in [7, 11) is 1.15. The number of halogens is 3. The minimum atomic E-state index is -4.38. The van der Waals surface area contributed by atoms with Crippen LogP contribution in [0.3, 0.4) is 0 Å². The van der Waals surface area contributed by atoms with Gasteiger partial charge in [0, 0.05) is 24.8 Å². The number of hydrogen-bond donors (Lipinski definition) is 1. The Balaban J connectivity index is 2.14. The van der Waals surface area contributed by atoms with E-state index >= 15 is 0 Å². The van der Waals surface area contributed by atoms with Crippen molar-refractivity contribution >= 4 is 11.6 Å². The molecule has 1 aromatic rings. The molecule has 0 atom stereocenters. The molecule has 0 aromatic heterocycles. The van der Waals surface area contributed by atoms with Gasteiger partial charge in [0.25, 0.3) is 5.91 Å². The van der Waals surface area contributed by atoms with Crippen LogP contribution in [0.2, 0.25) is 0 Å². The Morgan fingerprint density at radius 2 is 2.17 bits per heavy atom. The average molecular weight is 258 g/mol. The van der Waals surface area contributed by atoms with E-state index in [0.29, 0.717) is 4.90 Å². The fourth-order valence-corrected chi connectivity index (χ4v) is 1.99. The van der Waals surface area contributed by atoms with Crippen LogP contribution in [0, 0.1) is 0 Å². The number of alkyl halides is 3. The van der Waals surface area contributed by atoms with Gasteiger partial charge in [-0.15, -0.1) is 0 Å². The summed E-state index contributed by atoms with van der Waals surface area (Å²) in [4.78, 5) is 12.5. The molecule has 0 bridgehead atoms. The van der Waals surface area contributed by atoms with E-state index in [9.17, 15) is 18.0 Å². The first-order valence-corrected chi connectivity index (χ1v) is 5.56. The third-order valence-electron chi connectivity index (χ3n) is 2.83. The monoisotopic (exact) mass is 258 g/mol. The fraction of sp³-hybridized carbons (Fsp3) is 0.417. The van der Waals surface area contributed by atoms with Crippen LogP contribution < -0.4 is 5.32 Å². The highest BCUT2D eigenvalue weighted by molar-refractivity contribution is 5.95. The van der Waals surface area contributed by atoms with Crippen LogP contribution in [0.4, 0.5) is 18.9 Å². The number of nitrogens with zero attached hydrogens (tertiary/aromatic N) is 1. The van der Waals surface area contributed by atoms with Crippen LogP contribution >= 0.6 is 0 Å². The number of carbonyl (C=O) groups is 1. The summed E-state index contributed by atoms with van der Waals surface area (Å²) in [5, 5.41) is 3.09. The van der Waals surface area contributed by atoms with E-state index in [1.807, 2.05) is 0 Å². The van der Waals surface area contributed by atoms with E-state index in [-0.39, 0.29) is 5.56 Å². The van der Waals surface area contributed by atoms with Crippen molar-refractivity contribution in [3.63, 3.8) is 0 Å². The van der Waals surface area contributed by atoms with Crippen molar-refractivity contribution in [2.75, 3.05) is 25.5 Å². The molecule has 1 aliphatic rings. The van der Waals surface area contributed by atoms with Gasteiger partial charge >= 0.3 is 6.18 Å². The summed E-state index contributed by atoms with van der Waals surface area (Å²) in [5.74, 6) is -0.621. The van der Waals surface area contributed by atoms with Crippen molar-refractivity contribution < 1.29 is 18.0 Å². The molecule has 0 radical (unpaired) electrons. The van der Waals surface area contributed by atoms with E-state index in [1.165, 1.54) is 0 Å². The zero-order chi connectivity index (χ0) is 13.3. The Hall–Kier alpha value is -1.72. The maximum absolute atomic E-state index is 12.2. The molecule has 0 aliphatic carbocycles.